The van der Waals surface area contributed by atoms with E-state index in [0.717, 1.165) is 10.9 Å². The fraction of sp³-hybridized carbons (Fsp3) is 0.278. The van der Waals surface area contributed by atoms with Crippen molar-refractivity contribution in [3.8, 4) is 0 Å². The minimum atomic E-state index is -0.519. The van der Waals surface area contributed by atoms with E-state index in [1.165, 1.54) is 0 Å². The monoisotopic (exact) mass is 339 g/mol. The molecule has 0 unspecified atom stereocenters. The molecule has 0 saturated carbocycles. The molecule has 1 aliphatic heterocycles. The van der Waals surface area contributed by atoms with Gasteiger partial charge in [0.25, 0.3) is 5.91 Å². The normalized spacial score (nSPS) is 13.7. The van der Waals surface area contributed by atoms with Crippen molar-refractivity contribution in [2.45, 2.75) is 19.9 Å². The lowest BCUT2D eigenvalue weighted by atomic mass is 10.0. The van der Waals surface area contributed by atoms with Crippen molar-refractivity contribution in [3.63, 3.8) is 0 Å². The Morgan fingerprint density at radius 2 is 2.24 bits per heavy atom. The number of carbonyl (C=O) groups is 2. The second-order valence-electron chi connectivity index (χ2n) is 5.91. The molecule has 0 atom stereocenters. The lowest BCUT2D eigenvalue weighted by molar-refractivity contribution is 0.0510. The number of esters is 1. The average Bonchev–Trinajstić information content (AvgIpc) is 3.26. The summed E-state index contributed by atoms with van der Waals surface area (Å²) in [7, 11) is 0. The average molecular weight is 339 g/mol. The van der Waals surface area contributed by atoms with Gasteiger partial charge in [0.1, 0.15) is 5.76 Å². The Bertz CT molecular complexity index is 956. The quantitative estimate of drug-likeness (QED) is 0.741. The van der Waals surface area contributed by atoms with Gasteiger partial charge in [-0.1, -0.05) is 11.2 Å². The summed E-state index contributed by atoms with van der Waals surface area (Å²) in [4.78, 5) is 29.6. The standard InChI is InChI=1S/C18H17N3O4/c1-2-24-18(23)16-13-10-21(8-6-15(13)25-20-16)17(22)12-4-3-11-5-7-19-14(11)9-12/h3-5,7,9,19H,2,6,8,10H2,1H3. The summed E-state index contributed by atoms with van der Waals surface area (Å²) in [6, 6.07) is 7.53. The van der Waals surface area contributed by atoms with Crippen LogP contribution in [0.3, 0.4) is 0 Å². The number of amides is 1. The number of H-pyrrole nitrogens is 1. The molecule has 1 amide bonds. The van der Waals surface area contributed by atoms with Gasteiger partial charge in [0.05, 0.1) is 13.2 Å². The zero-order valence-electron chi connectivity index (χ0n) is 13.7. The number of benzene rings is 1. The number of nitrogens with zero attached hydrogens (tertiary/aromatic N) is 2. The molecule has 0 aliphatic carbocycles. The summed E-state index contributed by atoms with van der Waals surface area (Å²) in [5, 5.41) is 4.88. The van der Waals surface area contributed by atoms with Gasteiger partial charge < -0.3 is 19.1 Å². The smallest absolute Gasteiger partial charge is 0.360 e. The molecule has 1 aromatic carbocycles. The molecule has 0 fully saturated rings. The first-order valence-corrected chi connectivity index (χ1v) is 8.18. The number of nitrogens with one attached hydrogen (secondary N) is 1. The number of aromatic amines is 1. The van der Waals surface area contributed by atoms with E-state index < -0.39 is 5.97 Å². The van der Waals surface area contributed by atoms with Crippen molar-refractivity contribution >= 4 is 22.8 Å². The van der Waals surface area contributed by atoms with Crippen LogP contribution in [0, 0.1) is 0 Å². The topological polar surface area (TPSA) is 88.4 Å². The van der Waals surface area contributed by atoms with Gasteiger partial charge in [-0.05, 0) is 30.5 Å². The van der Waals surface area contributed by atoms with Crippen molar-refractivity contribution in [2.24, 2.45) is 0 Å². The number of rotatable bonds is 3. The summed E-state index contributed by atoms with van der Waals surface area (Å²) >= 11 is 0. The molecular weight excluding hydrogens is 322 g/mol. The summed E-state index contributed by atoms with van der Waals surface area (Å²) in [5.74, 6) is 0.0414. The largest absolute Gasteiger partial charge is 0.461 e. The molecule has 3 aromatic rings. The van der Waals surface area contributed by atoms with Gasteiger partial charge in [0.2, 0.25) is 0 Å². The highest BCUT2D eigenvalue weighted by molar-refractivity contribution is 5.98. The Morgan fingerprint density at radius 1 is 1.36 bits per heavy atom. The molecule has 0 saturated heterocycles. The molecule has 25 heavy (non-hydrogen) atoms. The van der Waals surface area contributed by atoms with Gasteiger partial charge in [-0.3, -0.25) is 4.79 Å². The highest BCUT2D eigenvalue weighted by atomic mass is 16.5. The molecule has 4 rings (SSSR count). The lowest BCUT2D eigenvalue weighted by Crippen LogP contribution is -2.36. The van der Waals surface area contributed by atoms with Gasteiger partial charge in [-0.2, -0.15) is 0 Å². The van der Waals surface area contributed by atoms with E-state index in [1.807, 2.05) is 30.5 Å². The SMILES string of the molecule is CCOC(=O)c1noc2c1CN(C(=O)c1ccc3cc[nH]c3c1)CC2. The molecule has 128 valence electrons. The van der Waals surface area contributed by atoms with E-state index in [-0.39, 0.29) is 24.8 Å². The molecular formula is C18H17N3O4. The molecule has 0 radical (unpaired) electrons. The Hall–Kier alpha value is -3.09. The van der Waals surface area contributed by atoms with Gasteiger partial charge in [0, 0.05) is 35.8 Å². The van der Waals surface area contributed by atoms with E-state index in [1.54, 1.807) is 11.8 Å². The molecule has 2 aromatic heterocycles. The molecule has 1 aliphatic rings. The molecule has 3 heterocycles. The Morgan fingerprint density at radius 3 is 3.08 bits per heavy atom. The third-order valence-electron chi connectivity index (χ3n) is 4.39. The van der Waals surface area contributed by atoms with E-state index in [2.05, 4.69) is 10.1 Å². The second kappa shape index (κ2) is 6.08. The molecule has 0 bridgehead atoms. The third kappa shape index (κ3) is 2.67. The predicted molar refractivity (Wildman–Crippen MR) is 89.2 cm³/mol. The van der Waals surface area contributed by atoms with Crippen LogP contribution in [-0.2, 0) is 17.7 Å². The highest BCUT2D eigenvalue weighted by Gasteiger charge is 2.30. The van der Waals surface area contributed by atoms with Crippen LogP contribution in [0.15, 0.2) is 35.0 Å². The molecule has 7 nitrogen and oxygen atoms in total. The number of aromatic nitrogens is 2. The van der Waals surface area contributed by atoms with Crippen LogP contribution in [0.2, 0.25) is 0 Å². The summed E-state index contributed by atoms with van der Waals surface area (Å²) < 4.78 is 10.2. The maximum atomic E-state index is 12.8. The molecule has 7 heteroatoms. The Kier molecular flexibility index (Phi) is 3.76. The fourth-order valence-corrected chi connectivity index (χ4v) is 3.11. The first-order chi connectivity index (χ1) is 12.2. The van der Waals surface area contributed by atoms with Crippen LogP contribution in [-0.4, -0.2) is 40.1 Å². The number of fused-ring (bicyclic) bond motifs is 2. The Balaban J connectivity index is 1.60. The maximum Gasteiger partial charge on any atom is 0.360 e. The van der Waals surface area contributed by atoms with Crippen LogP contribution in [0.5, 0.6) is 0 Å². The van der Waals surface area contributed by atoms with E-state index in [9.17, 15) is 9.59 Å². The van der Waals surface area contributed by atoms with Crippen molar-refractivity contribution in [1.82, 2.24) is 15.0 Å². The van der Waals surface area contributed by atoms with Crippen molar-refractivity contribution < 1.29 is 18.8 Å². The van der Waals surface area contributed by atoms with Crippen molar-refractivity contribution in [2.75, 3.05) is 13.2 Å². The minimum Gasteiger partial charge on any atom is -0.461 e. The zero-order valence-corrected chi connectivity index (χ0v) is 13.7. The van der Waals surface area contributed by atoms with E-state index >= 15 is 0 Å². The minimum absolute atomic E-state index is 0.0850. The van der Waals surface area contributed by atoms with E-state index in [4.69, 9.17) is 9.26 Å². The van der Waals surface area contributed by atoms with Crippen molar-refractivity contribution in [1.29, 1.82) is 0 Å². The van der Waals surface area contributed by atoms with Crippen molar-refractivity contribution in [3.05, 3.63) is 53.0 Å². The fourth-order valence-electron chi connectivity index (χ4n) is 3.11. The number of ether oxygens (including phenoxy) is 1. The van der Waals surface area contributed by atoms with Crippen LogP contribution < -0.4 is 0 Å². The molecule has 1 N–H and O–H groups in total. The summed E-state index contributed by atoms with van der Waals surface area (Å²) in [6.45, 7) is 2.80. The van der Waals surface area contributed by atoms with Gasteiger partial charge in [0.15, 0.2) is 5.69 Å². The number of carbonyl (C=O) groups excluding carboxylic acids is 2. The van der Waals surface area contributed by atoms with Gasteiger partial charge in [-0.15, -0.1) is 0 Å². The number of hydrogen-bond acceptors (Lipinski definition) is 5. The Labute approximate surface area is 143 Å². The third-order valence-corrected chi connectivity index (χ3v) is 4.39. The zero-order chi connectivity index (χ0) is 17.4. The van der Waals surface area contributed by atoms with Crippen LogP contribution >= 0.6 is 0 Å². The number of hydrogen-bond donors (Lipinski definition) is 1. The second-order valence-corrected chi connectivity index (χ2v) is 5.91. The first-order valence-electron chi connectivity index (χ1n) is 8.18. The summed E-state index contributed by atoms with van der Waals surface area (Å²) in [5.41, 5.74) is 2.32. The highest BCUT2D eigenvalue weighted by Crippen LogP contribution is 2.25. The first kappa shape index (κ1) is 15.4. The predicted octanol–water partition coefficient (Wildman–Crippen LogP) is 2.53. The molecule has 0 spiro atoms. The van der Waals surface area contributed by atoms with Crippen LogP contribution in [0.25, 0.3) is 10.9 Å². The van der Waals surface area contributed by atoms with Gasteiger partial charge >= 0.3 is 5.97 Å². The van der Waals surface area contributed by atoms with Crippen LogP contribution in [0.1, 0.15) is 39.1 Å². The summed E-state index contributed by atoms with van der Waals surface area (Å²) in [6.07, 6.45) is 2.37. The maximum absolute atomic E-state index is 12.8. The van der Waals surface area contributed by atoms with Gasteiger partial charge in [-0.25, -0.2) is 4.79 Å². The van der Waals surface area contributed by atoms with Crippen LogP contribution in [0.4, 0.5) is 0 Å². The lowest BCUT2D eigenvalue weighted by Gasteiger charge is -2.26. The van der Waals surface area contributed by atoms with E-state index in [0.29, 0.717) is 29.9 Å².